The zero-order chi connectivity index (χ0) is 26.0. The van der Waals surface area contributed by atoms with Crippen molar-refractivity contribution in [3.05, 3.63) is 76.7 Å². The van der Waals surface area contributed by atoms with Gasteiger partial charge >= 0.3 is 222 Å². The monoisotopic (exact) mass is 575 g/mol. The molecular weight excluding hydrogens is 537 g/mol. The molecule has 0 aliphatic carbocycles. The molecule has 36 heavy (non-hydrogen) atoms. The Morgan fingerprint density at radius 3 is 2.19 bits per heavy atom. The van der Waals surface area contributed by atoms with Gasteiger partial charge in [-0.1, -0.05) is 0 Å². The number of hydrogen-bond acceptors (Lipinski definition) is 5. The first-order chi connectivity index (χ1) is 17.1. The number of azide groups is 1. The van der Waals surface area contributed by atoms with Crippen LogP contribution in [0.4, 0.5) is 0 Å². The second-order valence-corrected chi connectivity index (χ2v) is 18.7. The van der Waals surface area contributed by atoms with E-state index < -0.39 is 20.7 Å². The van der Waals surface area contributed by atoms with Crippen LogP contribution >= 0.6 is 0 Å². The zero-order valence-corrected chi connectivity index (χ0v) is 24.7. The van der Waals surface area contributed by atoms with Crippen molar-refractivity contribution in [2.75, 3.05) is 6.61 Å². The van der Waals surface area contributed by atoms with E-state index in [9.17, 15) is 5.53 Å². The molecule has 2 aliphatic heterocycles. The number of rotatable bonds is 6. The SMILES string of the molecule is CC(C)(C)[Si]1(C(C)(C)C)OC[C@H]2O[C@H]([Se]c3ccccc3)[C@H](N=[N+]=[N-])[C@@H](OCc3ccccc3)[C@H]2O1. The summed E-state index contributed by atoms with van der Waals surface area (Å²) in [7, 11) is -2.78. The molecule has 2 saturated heterocycles. The van der Waals surface area contributed by atoms with E-state index in [1.807, 2.05) is 48.5 Å². The molecule has 2 heterocycles. The van der Waals surface area contributed by atoms with E-state index in [-0.39, 0.29) is 42.2 Å². The number of fused-ring (bicyclic) bond motifs is 1. The Kier molecular flexibility index (Phi) is 8.34. The fraction of sp³-hybridized carbons (Fsp3) is 0.556. The van der Waals surface area contributed by atoms with Gasteiger partial charge in [0.2, 0.25) is 0 Å². The molecule has 0 saturated carbocycles. The fourth-order valence-electron chi connectivity index (χ4n) is 5.38. The maximum absolute atomic E-state index is 9.56. The molecule has 7 nitrogen and oxygen atoms in total. The van der Waals surface area contributed by atoms with Crippen molar-refractivity contribution in [2.45, 2.75) is 87.6 Å². The Morgan fingerprint density at radius 1 is 1.00 bits per heavy atom. The van der Waals surface area contributed by atoms with Crippen LogP contribution in [-0.4, -0.2) is 59.5 Å². The van der Waals surface area contributed by atoms with Gasteiger partial charge in [-0.3, -0.25) is 0 Å². The van der Waals surface area contributed by atoms with Crippen LogP contribution in [-0.2, 0) is 24.9 Å². The molecule has 0 amide bonds. The first-order valence-electron chi connectivity index (χ1n) is 12.4. The first kappa shape index (κ1) is 27.4. The molecule has 0 spiro atoms. The molecule has 2 fully saturated rings. The minimum absolute atomic E-state index is 0.0839. The molecule has 0 N–H and O–H groups in total. The van der Waals surface area contributed by atoms with Gasteiger partial charge in [-0.2, -0.15) is 0 Å². The van der Waals surface area contributed by atoms with Crippen molar-refractivity contribution in [1.29, 1.82) is 0 Å². The third-order valence-electron chi connectivity index (χ3n) is 6.81. The Labute approximate surface area is 221 Å². The summed E-state index contributed by atoms with van der Waals surface area (Å²) in [5.41, 5.74) is 10.6. The van der Waals surface area contributed by atoms with Crippen molar-refractivity contribution < 1.29 is 18.3 Å². The molecular formula is C27H37N3O4SeSi. The van der Waals surface area contributed by atoms with Crippen LogP contribution in [0, 0.1) is 0 Å². The number of ether oxygens (including phenoxy) is 2. The second kappa shape index (κ2) is 11.0. The average Bonchev–Trinajstić information content (AvgIpc) is 2.83. The molecule has 9 heteroatoms. The minimum atomic E-state index is -2.78. The molecule has 2 aromatic carbocycles. The van der Waals surface area contributed by atoms with Crippen LogP contribution in [0.3, 0.4) is 0 Å². The normalized spacial score (nSPS) is 28.1. The van der Waals surface area contributed by atoms with Crippen molar-refractivity contribution in [2.24, 2.45) is 5.11 Å². The van der Waals surface area contributed by atoms with E-state index in [0.29, 0.717) is 13.2 Å². The van der Waals surface area contributed by atoms with E-state index in [1.54, 1.807) is 0 Å². The topological polar surface area (TPSA) is 85.7 Å². The quantitative estimate of drug-likeness (QED) is 0.198. The second-order valence-electron chi connectivity index (χ2n) is 11.4. The Morgan fingerprint density at radius 2 is 1.61 bits per heavy atom. The van der Waals surface area contributed by atoms with Gasteiger partial charge in [0, 0.05) is 0 Å². The molecule has 0 unspecified atom stereocenters. The van der Waals surface area contributed by atoms with E-state index in [4.69, 9.17) is 18.3 Å². The summed E-state index contributed by atoms with van der Waals surface area (Å²) in [6.45, 7) is 14.0. The summed E-state index contributed by atoms with van der Waals surface area (Å²) < 4.78 is 28.2. The van der Waals surface area contributed by atoms with E-state index in [2.05, 4.69) is 63.7 Å². The van der Waals surface area contributed by atoms with Crippen LogP contribution in [0.15, 0.2) is 65.8 Å². The maximum atomic E-state index is 9.56. The van der Waals surface area contributed by atoms with Gasteiger partial charge in [-0.15, -0.1) is 0 Å². The predicted octanol–water partition coefficient (Wildman–Crippen LogP) is 5.46. The Balaban J connectivity index is 1.71. The summed E-state index contributed by atoms with van der Waals surface area (Å²) in [6, 6.07) is 19.8. The molecule has 5 atom stereocenters. The van der Waals surface area contributed by atoms with Gasteiger partial charge in [0.05, 0.1) is 0 Å². The van der Waals surface area contributed by atoms with Gasteiger partial charge in [0.15, 0.2) is 0 Å². The van der Waals surface area contributed by atoms with Gasteiger partial charge in [0.1, 0.15) is 0 Å². The fourth-order valence-corrected chi connectivity index (χ4v) is 12.7. The summed E-state index contributed by atoms with van der Waals surface area (Å²) in [5.74, 6) is 0. The van der Waals surface area contributed by atoms with E-state index in [1.165, 1.54) is 4.46 Å². The average molecular weight is 575 g/mol. The Bertz CT molecular complexity index is 1040. The Hall–Kier alpha value is -1.67. The third kappa shape index (κ3) is 5.59. The summed E-state index contributed by atoms with van der Waals surface area (Å²) in [6.07, 6.45) is -1.13. The van der Waals surface area contributed by atoms with Crippen molar-refractivity contribution in [3.8, 4) is 0 Å². The molecule has 0 radical (unpaired) electrons. The zero-order valence-electron chi connectivity index (χ0n) is 22.0. The van der Waals surface area contributed by atoms with Crippen LogP contribution in [0.1, 0.15) is 47.1 Å². The summed E-state index contributed by atoms with van der Waals surface area (Å²) >= 11 is -0.0839. The van der Waals surface area contributed by atoms with E-state index in [0.717, 1.165) is 5.56 Å². The van der Waals surface area contributed by atoms with Crippen LogP contribution in [0.5, 0.6) is 0 Å². The molecule has 0 bridgehead atoms. The molecule has 194 valence electrons. The molecule has 2 aromatic rings. The number of nitrogens with zero attached hydrogens (tertiary/aromatic N) is 3. The van der Waals surface area contributed by atoms with Crippen LogP contribution in [0.25, 0.3) is 10.4 Å². The van der Waals surface area contributed by atoms with Gasteiger partial charge in [-0.25, -0.2) is 0 Å². The number of benzene rings is 2. The summed E-state index contributed by atoms with van der Waals surface area (Å²) in [4.78, 5) is 3.23. The number of hydrogen-bond donors (Lipinski definition) is 0. The van der Waals surface area contributed by atoms with E-state index >= 15 is 0 Å². The standard InChI is InChI=1S/C27H37N3O4SeSi/c1-26(2,3)36(27(4,5)6)32-18-21-23(34-36)24(31-17-19-13-9-7-10-14-19)22(29-30-28)25(33-21)35-20-15-11-8-12-16-20/h7-16,21-25H,17-18H2,1-6H3/t21-,22-,23+,24-,25-/m1/s1. The first-order valence-corrected chi connectivity index (χ1v) is 16.1. The third-order valence-corrected chi connectivity index (χ3v) is 14.4. The van der Waals surface area contributed by atoms with Gasteiger partial charge < -0.3 is 0 Å². The molecule has 4 rings (SSSR count). The van der Waals surface area contributed by atoms with Crippen molar-refractivity contribution in [1.82, 2.24) is 0 Å². The van der Waals surface area contributed by atoms with Gasteiger partial charge in [0.25, 0.3) is 0 Å². The summed E-state index contributed by atoms with van der Waals surface area (Å²) in [5, 5.41) is 3.61. The predicted molar refractivity (Wildman–Crippen MR) is 144 cm³/mol. The van der Waals surface area contributed by atoms with Crippen molar-refractivity contribution in [3.63, 3.8) is 0 Å². The van der Waals surface area contributed by atoms with Crippen molar-refractivity contribution >= 4 is 28.0 Å². The van der Waals surface area contributed by atoms with Crippen LogP contribution in [0.2, 0.25) is 10.1 Å². The molecule has 0 aromatic heterocycles. The van der Waals surface area contributed by atoms with Gasteiger partial charge in [-0.05, 0) is 0 Å². The van der Waals surface area contributed by atoms with Crippen LogP contribution < -0.4 is 4.46 Å². The molecule has 2 aliphatic rings.